The molecule has 0 aliphatic rings. The number of carbonyl (C=O) groups excluding carboxylic acids is 1. The summed E-state index contributed by atoms with van der Waals surface area (Å²) in [7, 11) is -1.16. The van der Waals surface area contributed by atoms with Gasteiger partial charge in [0.1, 0.15) is 6.73 Å². The first-order chi connectivity index (χ1) is 10.3. The summed E-state index contributed by atoms with van der Waals surface area (Å²) >= 11 is 3.14. The molecule has 0 radical (unpaired) electrons. The molecular formula is C15H20BrNO4Si. The average Bonchev–Trinajstić information content (AvgIpc) is 2.77. The Kier molecular flexibility index (Phi) is 5.41. The van der Waals surface area contributed by atoms with Gasteiger partial charge in [-0.2, -0.15) is 0 Å². The Hall–Kier alpha value is -1.18. The molecule has 0 N–H and O–H groups in total. The normalized spacial score (nSPS) is 12.0. The van der Waals surface area contributed by atoms with E-state index >= 15 is 0 Å². The van der Waals surface area contributed by atoms with E-state index in [-0.39, 0.29) is 17.8 Å². The minimum atomic E-state index is -1.16. The third-order valence-electron chi connectivity index (χ3n) is 3.33. The van der Waals surface area contributed by atoms with Crippen LogP contribution in [0, 0.1) is 0 Å². The van der Waals surface area contributed by atoms with Crippen molar-refractivity contribution in [3.8, 4) is 0 Å². The molecule has 0 fully saturated rings. The molecule has 0 spiro atoms. The Labute approximate surface area is 138 Å². The van der Waals surface area contributed by atoms with Crippen molar-refractivity contribution in [3.63, 3.8) is 0 Å². The van der Waals surface area contributed by atoms with E-state index in [1.807, 2.05) is 0 Å². The number of nitrogens with zero attached hydrogens (tertiary/aromatic N) is 1. The molecule has 2 rings (SSSR count). The number of rotatable bonds is 7. The number of hydrogen-bond donors (Lipinski definition) is 0. The summed E-state index contributed by atoms with van der Waals surface area (Å²) in [6, 6.07) is 6.19. The Morgan fingerprint density at radius 3 is 2.73 bits per heavy atom. The molecule has 7 heteroatoms. The summed E-state index contributed by atoms with van der Waals surface area (Å²) in [5.74, 6) is -0.621. The van der Waals surface area contributed by atoms with E-state index < -0.39 is 13.8 Å². The molecule has 0 aliphatic carbocycles. The molecule has 5 nitrogen and oxygen atoms in total. The van der Waals surface area contributed by atoms with E-state index in [4.69, 9.17) is 9.15 Å². The number of Topliss-reactive ketones (excluding diaryl/α,β-unsaturated/α-hetero) is 1. The Morgan fingerprint density at radius 1 is 1.36 bits per heavy atom. The second-order valence-corrected chi connectivity index (χ2v) is 12.5. The lowest BCUT2D eigenvalue weighted by molar-refractivity contribution is 0.0850. The van der Waals surface area contributed by atoms with E-state index in [2.05, 4.69) is 35.6 Å². The van der Waals surface area contributed by atoms with Crippen molar-refractivity contribution in [2.75, 3.05) is 11.9 Å². The van der Waals surface area contributed by atoms with Crippen molar-refractivity contribution >= 4 is 40.9 Å². The first kappa shape index (κ1) is 17.2. The fourth-order valence-corrected chi connectivity index (χ4v) is 3.09. The number of ketones is 1. The molecule has 1 aromatic carbocycles. The zero-order valence-corrected chi connectivity index (χ0v) is 15.6. The van der Waals surface area contributed by atoms with Crippen LogP contribution in [-0.4, -0.2) is 30.4 Å². The fraction of sp³-hybridized carbons (Fsp3) is 0.467. The third-order valence-corrected chi connectivity index (χ3v) is 5.55. The number of alkyl halides is 1. The van der Waals surface area contributed by atoms with Gasteiger partial charge in [0.15, 0.2) is 11.4 Å². The number of aromatic nitrogens is 1. The van der Waals surface area contributed by atoms with Crippen LogP contribution in [0.15, 0.2) is 27.4 Å². The molecule has 0 bridgehead atoms. The van der Waals surface area contributed by atoms with Gasteiger partial charge < -0.3 is 9.15 Å². The monoisotopic (exact) mass is 385 g/mol. The summed E-state index contributed by atoms with van der Waals surface area (Å²) < 4.78 is 12.3. The highest BCUT2D eigenvalue weighted by atomic mass is 79.9. The highest BCUT2D eigenvalue weighted by Crippen LogP contribution is 2.19. The predicted molar refractivity (Wildman–Crippen MR) is 92.7 cm³/mol. The summed E-state index contributed by atoms with van der Waals surface area (Å²) in [6.45, 7) is 7.58. The van der Waals surface area contributed by atoms with E-state index in [0.717, 1.165) is 6.04 Å². The maximum Gasteiger partial charge on any atom is 0.421 e. The first-order valence-electron chi connectivity index (χ1n) is 7.13. The van der Waals surface area contributed by atoms with Crippen LogP contribution >= 0.6 is 15.9 Å². The van der Waals surface area contributed by atoms with Gasteiger partial charge in [0.25, 0.3) is 0 Å². The third kappa shape index (κ3) is 3.96. The molecule has 0 unspecified atom stereocenters. The van der Waals surface area contributed by atoms with Gasteiger partial charge >= 0.3 is 5.76 Å². The highest BCUT2D eigenvalue weighted by molar-refractivity contribution is 9.09. The molecule has 0 aliphatic heterocycles. The zero-order chi connectivity index (χ0) is 16.3. The number of benzene rings is 1. The smallest absolute Gasteiger partial charge is 0.407 e. The maximum absolute atomic E-state index is 12.0. The molecule has 0 amide bonds. The number of oxazole rings is 1. The second-order valence-electron chi connectivity index (χ2n) is 6.35. The molecule has 1 aromatic heterocycles. The van der Waals surface area contributed by atoms with Gasteiger partial charge in [-0.15, -0.1) is 0 Å². The van der Waals surface area contributed by atoms with Crippen LogP contribution < -0.4 is 5.76 Å². The molecular weight excluding hydrogens is 366 g/mol. The zero-order valence-electron chi connectivity index (χ0n) is 13.0. The van der Waals surface area contributed by atoms with Gasteiger partial charge in [-0.1, -0.05) is 41.6 Å². The van der Waals surface area contributed by atoms with Crippen LogP contribution in [0.25, 0.3) is 11.1 Å². The summed E-state index contributed by atoms with van der Waals surface area (Å²) in [4.78, 5) is 23.9. The highest BCUT2D eigenvalue weighted by Gasteiger charge is 2.17. The van der Waals surface area contributed by atoms with E-state index in [9.17, 15) is 9.59 Å². The fourth-order valence-electron chi connectivity index (χ4n) is 2.03. The second kappa shape index (κ2) is 6.93. The van der Waals surface area contributed by atoms with Crippen molar-refractivity contribution in [1.82, 2.24) is 4.57 Å². The van der Waals surface area contributed by atoms with Crippen molar-refractivity contribution < 1.29 is 13.9 Å². The minimum absolute atomic E-state index is 0.119. The number of carbonyl (C=O) groups is 1. The number of ether oxygens (including phenoxy) is 1. The van der Waals surface area contributed by atoms with Crippen LogP contribution in [-0.2, 0) is 11.5 Å². The van der Waals surface area contributed by atoms with E-state index in [1.165, 1.54) is 4.57 Å². The summed E-state index contributed by atoms with van der Waals surface area (Å²) in [5.41, 5.74) is 1.32. The Balaban J connectivity index is 2.22. The van der Waals surface area contributed by atoms with E-state index in [0.29, 0.717) is 23.3 Å². The predicted octanol–water partition coefficient (Wildman–Crippen LogP) is 3.48. The quantitative estimate of drug-likeness (QED) is 0.316. The van der Waals surface area contributed by atoms with Crippen LogP contribution in [0.4, 0.5) is 0 Å². The lowest BCUT2D eigenvalue weighted by atomic mass is 10.1. The summed E-state index contributed by atoms with van der Waals surface area (Å²) in [6.07, 6.45) is 0. The van der Waals surface area contributed by atoms with Crippen molar-refractivity contribution in [2.45, 2.75) is 32.4 Å². The molecule has 120 valence electrons. The van der Waals surface area contributed by atoms with Gasteiger partial charge in [0.2, 0.25) is 0 Å². The lowest BCUT2D eigenvalue weighted by Gasteiger charge is -2.15. The minimum Gasteiger partial charge on any atom is -0.407 e. The van der Waals surface area contributed by atoms with Gasteiger partial charge in [0, 0.05) is 14.7 Å². The average molecular weight is 386 g/mol. The first-order valence-corrected chi connectivity index (χ1v) is 12.0. The van der Waals surface area contributed by atoms with Crippen molar-refractivity contribution in [3.05, 3.63) is 34.3 Å². The molecule has 0 atom stereocenters. The van der Waals surface area contributed by atoms with Crippen LogP contribution in [0.5, 0.6) is 0 Å². The van der Waals surface area contributed by atoms with Crippen molar-refractivity contribution in [1.29, 1.82) is 0 Å². The van der Waals surface area contributed by atoms with E-state index in [1.54, 1.807) is 18.2 Å². The van der Waals surface area contributed by atoms with Crippen molar-refractivity contribution in [2.24, 2.45) is 0 Å². The Morgan fingerprint density at radius 2 is 2.09 bits per heavy atom. The lowest BCUT2D eigenvalue weighted by Crippen LogP contribution is -2.23. The van der Waals surface area contributed by atoms with Gasteiger partial charge in [0.05, 0.1) is 16.4 Å². The molecule has 1 heterocycles. The van der Waals surface area contributed by atoms with Crippen LogP contribution in [0.2, 0.25) is 25.7 Å². The number of fused-ring (bicyclic) bond motifs is 1. The number of halogens is 1. The van der Waals surface area contributed by atoms with Crippen LogP contribution in [0.1, 0.15) is 10.4 Å². The topological polar surface area (TPSA) is 61.4 Å². The molecule has 2 aromatic rings. The van der Waals surface area contributed by atoms with Gasteiger partial charge in [-0.05, 0) is 18.2 Å². The van der Waals surface area contributed by atoms with Crippen LogP contribution in [0.3, 0.4) is 0 Å². The number of hydrogen-bond acceptors (Lipinski definition) is 4. The molecule has 0 saturated carbocycles. The Bertz CT molecular complexity index is 729. The summed E-state index contributed by atoms with van der Waals surface area (Å²) in [5, 5.41) is 0.188. The largest absolute Gasteiger partial charge is 0.421 e. The maximum atomic E-state index is 12.0. The van der Waals surface area contributed by atoms with Gasteiger partial charge in [-0.3, -0.25) is 4.79 Å². The number of para-hydroxylation sites is 1. The molecule has 0 saturated heterocycles. The standard InChI is InChI=1S/C15H20BrNO4Si/c1-22(2,3)8-7-20-10-17-12-6-4-5-11(13(18)9-16)14(12)21-15(17)19/h4-6H,7-10H2,1-3H3. The van der Waals surface area contributed by atoms with Gasteiger partial charge in [-0.25, -0.2) is 9.36 Å². The SMILES string of the molecule is C[Si](C)(C)CCOCn1c(=O)oc2c(C(=O)CBr)cccc21. The molecule has 22 heavy (non-hydrogen) atoms.